The number of hydrogen-bond acceptors (Lipinski definition) is 5. The molecule has 1 N–H and O–H groups in total. The third kappa shape index (κ3) is 7.53. The molecule has 5 aliphatic rings. The third-order valence-electron chi connectivity index (χ3n) is 12.5. The highest BCUT2D eigenvalue weighted by molar-refractivity contribution is 7.84. The summed E-state index contributed by atoms with van der Waals surface area (Å²) >= 11 is 0. The van der Waals surface area contributed by atoms with Gasteiger partial charge in [-0.3, -0.25) is 9.00 Å². The fraction of sp³-hybridized carbons (Fsp3) is 0.778. The number of fused-ring (bicyclic) bond motifs is 5. The topological polar surface area (TPSA) is 87.2 Å². The van der Waals surface area contributed by atoms with Gasteiger partial charge in [0.15, 0.2) is 0 Å². The number of piperidine rings is 1. The van der Waals surface area contributed by atoms with Gasteiger partial charge in [0.05, 0.1) is 6.10 Å². The fourth-order valence-electron chi connectivity index (χ4n) is 9.87. The van der Waals surface area contributed by atoms with Gasteiger partial charge in [-0.25, -0.2) is 4.79 Å². The van der Waals surface area contributed by atoms with E-state index in [-0.39, 0.29) is 46.8 Å². The van der Waals surface area contributed by atoms with E-state index in [9.17, 15) is 40.9 Å². The number of carbonyl (C=O) groups excluding carboxylic acids is 2. The van der Waals surface area contributed by atoms with Crippen LogP contribution in [0.25, 0.3) is 0 Å². The van der Waals surface area contributed by atoms with Crippen LogP contribution in [0.15, 0.2) is 18.2 Å². The number of nitrogens with zero attached hydrogens (tertiary/aromatic N) is 2. The molecule has 6 rings (SSSR count). The van der Waals surface area contributed by atoms with Gasteiger partial charge in [-0.1, -0.05) is 13.0 Å². The number of rotatable bonds is 10. The first-order valence-electron chi connectivity index (χ1n) is 18.0. The zero-order valence-electron chi connectivity index (χ0n) is 28.2. The first kappa shape index (κ1) is 36.5. The molecule has 13 heteroatoms. The normalized spacial score (nSPS) is 31.3. The van der Waals surface area contributed by atoms with Crippen molar-refractivity contribution in [3.63, 3.8) is 0 Å². The van der Waals surface area contributed by atoms with Crippen LogP contribution in [-0.4, -0.2) is 86.5 Å². The van der Waals surface area contributed by atoms with Gasteiger partial charge < -0.3 is 19.6 Å². The average Bonchev–Trinajstić information content (AvgIpc) is 3.61. The number of amides is 2. The zero-order valence-corrected chi connectivity index (χ0v) is 29.0. The van der Waals surface area contributed by atoms with Crippen LogP contribution in [0.4, 0.5) is 26.7 Å². The Morgan fingerprint density at radius 2 is 1.78 bits per heavy atom. The highest BCUT2D eigenvalue weighted by Crippen LogP contribution is 2.62. The molecule has 2 saturated carbocycles. The summed E-state index contributed by atoms with van der Waals surface area (Å²) in [5.74, 6) is -2.95. The van der Waals surface area contributed by atoms with Crippen molar-refractivity contribution in [1.29, 1.82) is 0 Å². The van der Waals surface area contributed by atoms with Crippen LogP contribution in [0.1, 0.15) is 101 Å². The molecular formula is C36H49F5N2O5S. The Kier molecular flexibility index (Phi) is 10.7. The second kappa shape index (κ2) is 14.4. The lowest BCUT2D eigenvalue weighted by molar-refractivity contribution is -0.284. The van der Waals surface area contributed by atoms with E-state index in [1.807, 2.05) is 17.0 Å². The maximum Gasteiger partial charge on any atom is 0.453 e. The molecule has 1 aromatic rings. The predicted octanol–water partition coefficient (Wildman–Crippen LogP) is 7.22. The number of alkyl halides is 5. The highest BCUT2D eigenvalue weighted by atomic mass is 32.2. The molecule has 49 heavy (non-hydrogen) atoms. The summed E-state index contributed by atoms with van der Waals surface area (Å²) in [5.41, 5.74) is 2.18. The van der Waals surface area contributed by atoms with Crippen molar-refractivity contribution in [3.8, 4) is 5.75 Å². The summed E-state index contributed by atoms with van der Waals surface area (Å²) in [6.45, 7) is 4.04. The zero-order chi connectivity index (χ0) is 35.1. The first-order valence-corrected chi connectivity index (χ1v) is 19.5. The molecule has 0 aromatic heterocycles. The standard InChI is InChI=1S/C36H49F5N2O5S/c1-34-15-11-28-27-8-7-26(48-33(46)42-17-12-25(13-18-42)43-16-2-6-31(43)45)22-24(27)21-23(32(28)29(34)9-10-30(34)44)5-3-19-49(47)20-4-14-35(37,38)36(39,40)41/h7-8,22-23,25,28-30,32,44H,2-6,9-21H2,1H3/t23-,28-,29+,30+,32-,34+,49?/m1/s1. The molecule has 0 bridgehead atoms. The van der Waals surface area contributed by atoms with Crippen molar-refractivity contribution in [2.45, 2.75) is 121 Å². The molecule has 1 aromatic carbocycles. The number of ether oxygens (including phenoxy) is 1. The molecule has 2 aliphatic heterocycles. The van der Waals surface area contributed by atoms with Crippen molar-refractivity contribution in [2.75, 3.05) is 31.1 Å². The third-order valence-corrected chi connectivity index (χ3v) is 14.0. The summed E-state index contributed by atoms with van der Waals surface area (Å²) in [7, 11) is -1.50. The lowest BCUT2D eigenvalue weighted by Crippen LogP contribution is -2.48. The Balaban J connectivity index is 1.09. The van der Waals surface area contributed by atoms with Crippen molar-refractivity contribution >= 4 is 22.8 Å². The van der Waals surface area contributed by atoms with Gasteiger partial charge in [0, 0.05) is 60.8 Å². The van der Waals surface area contributed by atoms with Gasteiger partial charge in [0.2, 0.25) is 5.91 Å². The Hall–Kier alpha value is -2.28. The maximum absolute atomic E-state index is 13.3. The van der Waals surface area contributed by atoms with Crippen LogP contribution in [0.2, 0.25) is 0 Å². The van der Waals surface area contributed by atoms with Crippen LogP contribution < -0.4 is 4.74 Å². The van der Waals surface area contributed by atoms with E-state index in [1.165, 1.54) is 5.56 Å². The van der Waals surface area contributed by atoms with Gasteiger partial charge in [-0.05, 0) is 123 Å². The maximum atomic E-state index is 13.3. The minimum absolute atomic E-state index is 0.169. The number of carbonyl (C=O) groups is 2. The van der Waals surface area contributed by atoms with E-state index in [4.69, 9.17) is 4.74 Å². The average molecular weight is 717 g/mol. The number of likely N-dealkylation sites (tertiary alicyclic amines) is 2. The molecule has 7 atom stereocenters. The van der Waals surface area contributed by atoms with Gasteiger partial charge in [-0.2, -0.15) is 22.0 Å². The van der Waals surface area contributed by atoms with Crippen molar-refractivity contribution in [2.24, 2.45) is 23.2 Å². The lowest BCUT2D eigenvalue weighted by atomic mass is 9.52. The van der Waals surface area contributed by atoms with Gasteiger partial charge >= 0.3 is 18.2 Å². The Bertz CT molecular complexity index is 1400. The number of benzene rings is 1. The summed E-state index contributed by atoms with van der Waals surface area (Å²) in [4.78, 5) is 29.0. The van der Waals surface area contributed by atoms with Gasteiger partial charge in [-0.15, -0.1) is 0 Å². The number of aliphatic hydroxyl groups is 1. The summed E-state index contributed by atoms with van der Waals surface area (Å²) in [5, 5.41) is 11.0. The second-order valence-corrected chi connectivity index (χ2v) is 17.0. The van der Waals surface area contributed by atoms with Crippen LogP contribution in [-0.2, 0) is 22.0 Å². The van der Waals surface area contributed by atoms with Gasteiger partial charge in [0.25, 0.3) is 0 Å². The predicted molar refractivity (Wildman–Crippen MR) is 175 cm³/mol. The van der Waals surface area contributed by atoms with E-state index in [0.29, 0.717) is 43.5 Å². The van der Waals surface area contributed by atoms with Crippen molar-refractivity contribution < 1.29 is 45.6 Å². The molecule has 274 valence electrons. The summed E-state index contributed by atoms with van der Waals surface area (Å²) in [6, 6.07) is 6.08. The van der Waals surface area contributed by atoms with E-state index < -0.39 is 41.8 Å². The van der Waals surface area contributed by atoms with Crippen LogP contribution in [0.3, 0.4) is 0 Å². The van der Waals surface area contributed by atoms with E-state index in [1.54, 1.807) is 4.90 Å². The molecule has 4 fully saturated rings. The number of aliphatic hydroxyl groups excluding tert-OH is 1. The molecule has 2 heterocycles. The molecule has 0 spiro atoms. The van der Waals surface area contributed by atoms with Crippen molar-refractivity contribution in [1.82, 2.24) is 9.80 Å². The number of halogens is 5. The van der Waals surface area contributed by atoms with E-state index in [0.717, 1.165) is 69.9 Å². The molecule has 0 radical (unpaired) electrons. The fourth-order valence-corrected chi connectivity index (χ4v) is 11.0. The molecule has 1 unspecified atom stereocenters. The molecule has 3 aliphatic carbocycles. The van der Waals surface area contributed by atoms with E-state index >= 15 is 0 Å². The van der Waals surface area contributed by atoms with Crippen LogP contribution in [0.5, 0.6) is 5.75 Å². The van der Waals surface area contributed by atoms with E-state index in [2.05, 4.69) is 13.0 Å². The Morgan fingerprint density at radius 3 is 2.47 bits per heavy atom. The smallest absolute Gasteiger partial charge is 0.410 e. The van der Waals surface area contributed by atoms with Gasteiger partial charge in [0.1, 0.15) is 5.75 Å². The quantitative estimate of drug-likeness (QED) is 0.259. The largest absolute Gasteiger partial charge is 0.453 e. The first-order chi connectivity index (χ1) is 23.2. The highest BCUT2D eigenvalue weighted by Gasteiger charge is 2.57. The Labute approximate surface area is 287 Å². The minimum atomic E-state index is -5.60. The second-order valence-electron chi connectivity index (χ2n) is 15.3. The molecule has 7 nitrogen and oxygen atoms in total. The Morgan fingerprint density at radius 1 is 1.04 bits per heavy atom. The van der Waals surface area contributed by atoms with Crippen molar-refractivity contribution in [3.05, 3.63) is 29.3 Å². The molecular weight excluding hydrogens is 667 g/mol. The lowest BCUT2D eigenvalue weighted by Gasteiger charge is -2.53. The minimum Gasteiger partial charge on any atom is -0.410 e. The SMILES string of the molecule is C[C@]12CC[C@@H]3c4ccc(OC(=O)N5CCC(N6CCCC6=O)CC5)cc4C[C@@H](CCCS(=O)CCCC(F)(F)C(F)(F)F)[C@H]3[C@@H]1CC[C@@H]2O. The van der Waals surface area contributed by atoms with Crippen LogP contribution >= 0.6 is 0 Å². The monoisotopic (exact) mass is 716 g/mol. The van der Waals surface area contributed by atoms with Crippen LogP contribution in [0, 0.1) is 23.2 Å². The number of hydrogen-bond donors (Lipinski definition) is 1. The molecule has 2 amide bonds. The summed E-state index contributed by atoms with van der Waals surface area (Å²) in [6.07, 6.45) is 0.311. The summed E-state index contributed by atoms with van der Waals surface area (Å²) < 4.78 is 82.7. The molecule has 2 saturated heterocycles.